The summed E-state index contributed by atoms with van der Waals surface area (Å²) >= 11 is 5.81. The predicted octanol–water partition coefficient (Wildman–Crippen LogP) is 6.74. The Morgan fingerprint density at radius 1 is 0.971 bits per heavy atom. The van der Waals surface area contributed by atoms with Crippen LogP contribution in [0, 0.1) is 11.6 Å². The highest BCUT2D eigenvalue weighted by Crippen LogP contribution is 2.39. The summed E-state index contributed by atoms with van der Waals surface area (Å²) in [6.07, 6.45) is -5.59. The van der Waals surface area contributed by atoms with Gasteiger partial charge in [0, 0.05) is 10.7 Å². The lowest BCUT2D eigenvalue weighted by atomic mass is 10.1. The number of urea groups is 1. The third kappa shape index (κ3) is 6.02. The molecule has 0 saturated carbocycles. The fourth-order valence-corrected chi connectivity index (χ4v) is 3.09. The van der Waals surface area contributed by atoms with E-state index in [2.05, 4.69) is 0 Å². The summed E-state index contributed by atoms with van der Waals surface area (Å²) in [5.74, 6) is -4.31. The molecule has 0 fully saturated rings. The van der Waals surface area contributed by atoms with Crippen LogP contribution in [0.1, 0.15) is 34.5 Å². The molecule has 3 aromatic carbocycles. The van der Waals surface area contributed by atoms with Crippen molar-refractivity contribution in [2.75, 3.05) is 5.32 Å². The Hall–Kier alpha value is -3.66. The van der Waals surface area contributed by atoms with Gasteiger partial charge in [0.05, 0.1) is 5.56 Å². The van der Waals surface area contributed by atoms with Crippen molar-refractivity contribution in [3.05, 3.63) is 94.0 Å². The highest BCUT2D eigenvalue weighted by molar-refractivity contribution is 6.30. The molecule has 3 aromatic rings. The Labute approximate surface area is 195 Å². The molecule has 0 aliphatic carbocycles. The maximum atomic E-state index is 13.7. The number of imide groups is 1. The van der Waals surface area contributed by atoms with E-state index in [-0.39, 0.29) is 5.69 Å². The van der Waals surface area contributed by atoms with Crippen LogP contribution in [0.3, 0.4) is 0 Å². The highest BCUT2D eigenvalue weighted by atomic mass is 35.5. The van der Waals surface area contributed by atoms with Crippen LogP contribution >= 0.6 is 11.6 Å². The van der Waals surface area contributed by atoms with Gasteiger partial charge in [-0.2, -0.15) is 13.2 Å². The Bertz CT molecular complexity index is 1200. The molecule has 0 aromatic heterocycles. The van der Waals surface area contributed by atoms with Crippen molar-refractivity contribution < 1.29 is 36.3 Å². The summed E-state index contributed by atoms with van der Waals surface area (Å²) < 4.78 is 73.7. The number of alkyl halides is 3. The van der Waals surface area contributed by atoms with Crippen LogP contribution in [0.25, 0.3) is 0 Å². The van der Waals surface area contributed by atoms with Gasteiger partial charge in [-0.3, -0.25) is 10.1 Å². The molecule has 0 aliphatic rings. The number of hydrogen-bond acceptors (Lipinski definition) is 3. The summed E-state index contributed by atoms with van der Waals surface area (Å²) in [4.78, 5) is 24.0. The van der Waals surface area contributed by atoms with E-state index in [1.165, 1.54) is 0 Å². The SMILES string of the molecule is CC(Oc1ccc(NC(=O)NC(=O)c2c(F)cccc2F)cc1C(F)(F)F)c1ccc(Cl)cc1. The lowest BCUT2D eigenvalue weighted by Gasteiger charge is -2.20. The molecule has 2 N–H and O–H groups in total. The molecule has 0 radical (unpaired) electrons. The van der Waals surface area contributed by atoms with E-state index in [0.29, 0.717) is 16.7 Å². The molecular formula is C23H16ClF5N2O3. The number of amides is 3. The van der Waals surface area contributed by atoms with Crippen LogP contribution in [-0.4, -0.2) is 11.9 Å². The third-order valence-electron chi connectivity index (χ3n) is 4.60. The smallest absolute Gasteiger partial charge is 0.420 e. The average Bonchev–Trinajstić information content (AvgIpc) is 2.74. The van der Waals surface area contributed by atoms with Crippen LogP contribution < -0.4 is 15.4 Å². The average molecular weight is 499 g/mol. The molecule has 11 heteroatoms. The number of carbonyl (C=O) groups excluding carboxylic acids is 2. The quantitative estimate of drug-likeness (QED) is 0.383. The van der Waals surface area contributed by atoms with Gasteiger partial charge >= 0.3 is 12.2 Å². The topological polar surface area (TPSA) is 67.4 Å². The van der Waals surface area contributed by atoms with Crippen molar-refractivity contribution in [2.45, 2.75) is 19.2 Å². The molecule has 0 bridgehead atoms. The standard InChI is InChI=1S/C23H16ClF5N2O3/c1-12(13-5-7-14(24)8-6-13)34-19-10-9-15(11-16(19)23(27,28)29)30-22(33)31-21(32)20-17(25)3-2-4-18(20)26/h2-12H,1H3,(H2,30,31,32,33). The van der Waals surface area contributed by atoms with Crippen molar-refractivity contribution in [2.24, 2.45) is 0 Å². The van der Waals surface area contributed by atoms with E-state index in [1.807, 2.05) is 5.32 Å². The molecule has 0 aliphatic heterocycles. The van der Waals surface area contributed by atoms with Gasteiger partial charge in [0.2, 0.25) is 0 Å². The predicted molar refractivity (Wildman–Crippen MR) is 115 cm³/mol. The zero-order chi connectivity index (χ0) is 25.0. The van der Waals surface area contributed by atoms with Crippen molar-refractivity contribution in [3.63, 3.8) is 0 Å². The molecule has 3 rings (SSSR count). The lowest BCUT2D eigenvalue weighted by Crippen LogP contribution is -2.35. The molecular weight excluding hydrogens is 483 g/mol. The fourth-order valence-electron chi connectivity index (χ4n) is 2.97. The van der Waals surface area contributed by atoms with Crippen LogP contribution in [0.4, 0.5) is 32.4 Å². The minimum absolute atomic E-state index is 0.335. The van der Waals surface area contributed by atoms with Crippen LogP contribution in [0.2, 0.25) is 5.02 Å². The van der Waals surface area contributed by atoms with Gasteiger partial charge in [-0.1, -0.05) is 29.8 Å². The van der Waals surface area contributed by atoms with Crippen molar-refractivity contribution in [1.82, 2.24) is 5.32 Å². The Balaban J connectivity index is 1.77. The normalized spacial score (nSPS) is 12.1. The largest absolute Gasteiger partial charge is 0.485 e. The number of carbonyl (C=O) groups is 2. The van der Waals surface area contributed by atoms with Crippen LogP contribution in [0.15, 0.2) is 60.7 Å². The van der Waals surface area contributed by atoms with Gasteiger partial charge in [0.15, 0.2) is 0 Å². The fraction of sp³-hybridized carbons (Fsp3) is 0.130. The van der Waals surface area contributed by atoms with Gasteiger partial charge in [-0.05, 0) is 55.0 Å². The monoisotopic (exact) mass is 498 g/mol. The molecule has 1 atom stereocenters. The number of ether oxygens (including phenoxy) is 1. The molecule has 1 unspecified atom stereocenters. The third-order valence-corrected chi connectivity index (χ3v) is 4.85. The molecule has 5 nitrogen and oxygen atoms in total. The van der Waals surface area contributed by atoms with E-state index in [9.17, 15) is 31.5 Å². The zero-order valence-electron chi connectivity index (χ0n) is 17.3. The first-order valence-corrected chi connectivity index (χ1v) is 10.0. The molecule has 0 heterocycles. The lowest BCUT2D eigenvalue weighted by molar-refractivity contribution is -0.139. The maximum absolute atomic E-state index is 13.7. The molecule has 34 heavy (non-hydrogen) atoms. The van der Waals surface area contributed by atoms with E-state index >= 15 is 0 Å². The first kappa shape index (κ1) is 25.0. The van der Waals surface area contributed by atoms with Crippen molar-refractivity contribution in [3.8, 4) is 5.75 Å². The summed E-state index contributed by atoms with van der Waals surface area (Å²) in [6.45, 7) is 1.55. The number of benzene rings is 3. The van der Waals surface area contributed by atoms with E-state index in [4.69, 9.17) is 16.3 Å². The van der Waals surface area contributed by atoms with Crippen molar-refractivity contribution >= 4 is 29.2 Å². The number of nitrogens with one attached hydrogen (secondary N) is 2. The minimum Gasteiger partial charge on any atom is -0.485 e. The number of halogens is 6. The highest BCUT2D eigenvalue weighted by Gasteiger charge is 2.35. The van der Waals surface area contributed by atoms with E-state index < -0.39 is 52.7 Å². The molecule has 3 amide bonds. The van der Waals surface area contributed by atoms with Gasteiger partial charge < -0.3 is 10.1 Å². The zero-order valence-corrected chi connectivity index (χ0v) is 18.1. The number of anilines is 1. The summed E-state index contributed by atoms with van der Waals surface area (Å²) in [5, 5.41) is 4.15. The number of hydrogen-bond donors (Lipinski definition) is 2. The second-order valence-electron chi connectivity index (χ2n) is 7.03. The Kier molecular flexibility index (Phi) is 7.41. The molecule has 0 spiro atoms. The summed E-state index contributed by atoms with van der Waals surface area (Å²) in [6, 6.07) is 10.5. The second kappa shape index (κ2) is 10.1. The van der Waals surface area contributed by atoms with Crippen LogP contribution in [-0.2, 0) is 6.18 Å². The summed E-state index contributed by atoms with van der Waals surface area (Å²) in [5.41, 5.74) is -1.94. The Morgan fingerprint density at radius 2 is 1.59 bits per heavy atom. The van der Waals surface area contributed by atoms with Crippen LogP contribution in [0.5, 0.6) is 5.75 Å². The van der Waals surface area contributed by atoms with Gasteiger partial charge in [0.1, 0.15) is 29.1 Å². The molecule has 0 saturated heterocycles. The minimum atomic E-state index is -4.84. The molecule has 178 valence electrons. The van der Waals surface area contributed by atoms with Gasteiger partial charge in [-0.25, -0.2) is 13.6 Å². The maximum Gasteiger partial charge on any atom is 0.420 e. The number of rotatable bonds is 5. The summed E-state index contributed by atoms with van der Waals surface area (Å²) in [7, 11) is 0. The second-order valence-corrected chi connectivity index (χ2v) is 7.46. The first-order chi connectivity index (χ1) is 16.0. The van der Waals surface area contributed by atoms with E-state index in [1.54, 1.807) is 36.5 Å². The first-order valence-electron chi connectivity index (χ1n) is 9.65. The van der Waals surface area contributed by atoms with Crippen molar-refractivity contribution in [1.29, 1.82) is 0 Å². The van der Waals surface area contributed by atoms with E-state index in [0.717, 1.165) is 30.3 Å². The van der Waals surface area contributed by atoms with Gasteiger partial charge in [-0.15, -0.1) is 0 Å². The van der Waals surface area contributed by atoms with Gasteiger partial charge in [0.25, 0.3) is 5.91 Å². The Morgan fingerprint density at radius 3 is 2.18 bits per heavy atom.